The Morgan fingerprint density at radius 2 is 1.89 bits per heavy atom. The molecule has 2 aliphatic heterocycles. The molecule has 6 nitrogen and oxygen atoms in total. The van der Waals surface area contributed by atoms with Gasteiger partial charge in [-0.3, -0.25) is 0 Å². The van der Waals surface area contributed by atoms with Gasteiger partial charge in [0, 0.05) is 35.6 Å². The molecule has 2 fully saturated rings. The Kier molecular flexibility index (Phi) is 4.44. The Labute approximate surface area is 168 Å². The summed E-state index contributed by atoms with van der Waals surface area (Å²) >= 11 is 1.65. The number of nitrogens with two attached hydrogens (primary N) is 1. The summed E-state index contributed by atoms with van der Waals surface area (Å²) in [5, 5.41) is 3.11. The minimum absolute atomic E-state index is 0.181. The first kappa shape index (κ1) is 17.8. The van der Waals surface area contributed by atoms with Crippen LogP contribution in [0.1, 0.15) is 44.1 Å². The predicted octanol–water partition coefficient (Wildman–Crippen LogP) is 3.35. The number of benzene rings is 1. The van der Waals surface area contributed by atoms with Gasteiger partial charge < -0.3 is 15.4 Å². The van der Waals surface area contributed by atoms with E-state index < -0.39 is 5.54 Å². The second-order valence-electron chi connectivity index (χ2n) is 7.99. The quantitative estimate of drug-likeness (QED) is 0.805. The van der Waals surface area contributed by atoms with Crippen molar-refractivity contribution in [2.45, 2.75) is 50.1 Å². The summed E-state index contributed by atoms with van der Waals surface area (Å²) in [7, 11) is 0. The van der Waals surface area contributed by atoms with Gasteiger partial charge in [0.25, 0.3) is 0 Å². The molecule has 1 atom stereocenters. The van der Waals surface area contributed by atoms with Gasteiger partial charge in [0.2, 0.25) is 5.90 Å². The standard InChI is InChI=1S/C21H24N4O2S/c22-16-8-11-25(12-16)20-23-17(13-28-20)14-4-6-15(7-5-14)18-24-21(19(26)27-18)9-2-1-3-10-21/h4-7,13,16H,1-3,8-12,22H2/t16-/m1/s1. The molecule has 0 radical (unpaired) electrons. The summed E-state index contributed by atoms with van der Waals surface area (Å²) in [6, 6.07) is 8.22. The van der Waals surface area contributed by atoms with Crippen LogP contribution in [-0.4, -0.2) is 41.5 Å². The van der Waals surface area contributed by atoms with Crippen LogP contribution in [0, 0.1) is 0 Å². The minimum atomic E-state index is -0.632. The Morgan fingerprint density at radius 1 is 1.14 bits per heavy atom. The molecule has 7 heteroatoms. The van der Waals surface area contributed by atoms with Gasteiger partial charge in [-0.05, 0) is 31.4 Å². The molecule has 1 saturated carbocycles. The highest BCUT2D eigenvalue weighted by Crippen LogP contribution is 2.37. The lowest BCUT2D eigenvalue weighted by Crippen LogP contribution is -2.35. The number of hydrogen-bond acceptors (Lipinski definition) is 7. The van der Waals surface area contributed by atoms with Crippen LogP contribution in [0.3, 0.4) is 0 Å². The van der Waals surface area contributed by atoms with E-state index >= 15 is 0 Å². The highest BCUT2D eigenvalue weighted by molar-refractivity contribution is 7.14. The number of ether oxygens (including phenoxy) is 1. The average Bonchev–Trinajstić information content (AvgIpc) is 3.43. The first-order chi connectivity index (χ1) is 13.6. The number of carbonyl (C=O) groups excluding carboxylic acids is 1. The monoisotopic (exact) mass is 396 g/mol. The number of cyclic esters (lactones) is 1. The van der Waals surface area contributed by atoms with Crippen molar-refractivity contribution in [1.29, 1.82) is 0 Å². The third-order valence-corrected chi connectivity index (χ3v) is 6.88. The van der Waals surface area contributed by atoms with Crippen LogP contribution < -0.4 is 10.6 Å². The summed E-state index contributed by atoms with van der Waals surface area (Å²) in [6.07, 6.45) is 5.88. The van der Waals surface area contributed by atoms with E-state index in [0.29, 0.717) is 5.90 Å². The number of aliphatic imine (C=N–C) groups is 1. The van der Waals surface area contributed by atoms with E-state index in [4.69, 9.17) is 20.4 Å². The average molecular weight is 397 g/mol. The van der Waals surface area contributed by atoms with Crippen LogP contribution in [0.2, 0.25) is 0 Å². The smallest absolute Gasteiger partial charge is 0.340 e. The molecular weight excluding hydrogens is 372 g/mol. The van der Waals surface area contributed by atoms with E-state index in [0.717, 1.165) is 67.1 Å². The van der Waals surface area contributed by atoms with Crippen molar-refractivity contribution < 1.29 is 9.53 Å². The van der Waals surface area contributed by atoms with Crippen molar-refractivity contribution in [3.05, 3.63) is 35.2 Å². The van der Waals surface area contributed by atoms with Gasteiger partial charge in [0.05, 0.1) is 5.69 Å². The van der Waals surface area contributed by atoms with Gasteiger partial charge in [-0.25, -0.2) is 14.8 Å². The van der Waals surface area contributed by atoms with Crippen LogP contribution in [0.4, 0.5) is 5.13 Å². The molecule has 3 heterocycles. The van der Waals surface area contributed by atoms with Gasteiger partial charge in [-0.1, -0.05) is 31.4 Å². The Hall–Kier alpha value is -2.25. The molecule has 0 unspecified atom stereocenters. The second-order valence-corrected chi connectivity index (χ2v) is 8.82. The zero-order chi connectivity index (χ0) is 19.1. The van der Waals surface area contributed by atoms with E-state index in [1.165, 1.54) is 6.42 Å². The Balaban J connectivity index is 1.34. The molecule has 1 aromatic heterocycles. The van der Waals surface area contributed by atoms with Gasteiger partial charge in [-0.2, -0.15) is 0 Å². The molecule has 0 amide bonds. The van der Waals surface area contributed by atoms with Crippen molar-refractivity contribution in [3.63, 3.8) is 0 Å². The number of anilines is 1. The number of thiazole rings is 1. The molecule has 2 N–H and O–H groups in total. The lowest BCUT2D eigenvalue weighted by molar-refractivity contribution is -0.140. The zero-order valence-electron chi connectivity index (χ0n) is 15.8. The topological polar surface area (TPSA) is 80.8 Å². The third kappa shape index (κ3) is 3.12. The summed E-state index contributed by atoms with van der Waals surface area (Å²) < 4.78 is 5.55. The van der Waals surface area contributed by atoms with E-state index in [9.17, 15) is 4.79 Å². The molecule has 146 valence electrons. The third-order valence-electron chi connectivity index (χ3n) is 5.98. The lowest BCUT2D eigenvalue weighted by Gasteiger charge is -2.25. The maximum atomic E-state index is 12.4. The maximum Gasteiger partial charge on any atom is 0.340 e. The highest BCUT2D eigenvalue weighted by Gasteiger charge is 2.46. The number of carbonyl (C=O) groups is 1. The van der Waals surface area contributed by atoms with Gasteiger partial charge >= 0.3 is 5.97 Å². The van der Waals surface area contributed by atoms with Crippen molar-refractivity contribution in [1.82, 2.24) is 4.98 Å². The molecule has 1 spiro atoms. The molecule has 1 aliphatic carbocycles. The van der Waals surface area contributed by atoms with E-state index in [2.05, 4.69) is 10.3 Å². The van der Waals surface area contributed by atoms with Crippen LogP contribution in [0.15, 0.2) is 34.6 Å². The normalized spacial score (nSPS) is 23.9. The molecule has 0 bridgehead atoms. The van der Waals surface area contributed by atoms with Crippen LogP contribution in [0.5, 0.6) is 0 Å². The number of rotatable bonds is 3. The van der Waals surface area contributed by atoms with Crippen molar-refractivity contribution in [2.75, 3.05) is 18.0 Å². The highest BCUT2D eigenvalue weighted by atomic mass is 32.1. The summed E-state index contributed by atoms with van der Waals surface area (Å²) in [4.78, 5) is 24.2. The first-order valence-corrected chi connectivity index (χ1v) is 10.9. The van der Waals surface area contributed by atoms with Crippen molar-refractivity contribution in [3.8, 4) is 11.3 Å². The van der Waals surface area contributed by atoms with E-state index in [-0.39, 0.29) is 12.0 Å². The van der Waals surface area contributed by atoms with E-state index in [1.54, 1.807) is 11.3 Å². The summed E-state index contributed by atoms with van der Waals surface area (Å²) in [5.41, 5.74) is 8.23. The number of aromatic nitrogens is 1. The molecule has 2 aromatic rings. The summed E-state index contributed by atoms with van der Waals surface area (Å²) in [5.74, 6) is 0.280. The van der Waals surface area contributed by atoms with Crippen LogP contribution in [0.25, 0.3) is 11.3 Å². The minimum Gasteiger partial charge on any atom is -0.405 e. The molecule has 3 aliphatic rings. The predicted molar refractivity (Wildman–Crippen MR) is 111 cm³/mol. The summed E-state index contributed by atoms with van der Waals surface area (Å²) in [6.45, 7) is 1.85. The van der Waals surface area contributed by atoms with Gasteiger partial charge in [-0.15, -0.1) is 11.3 Å². The molecular formula is C21H24N4O2S. The largest absolute Gasteiger partial charge is 0.405 e. The molecule has 28 heavy (non-hydrogen) atoms. The number of esters is 1. The van der Waals surface area contributed by atoms with Crippen molar-refractivity contribution in [2.24, 2.45) is 10.7 Å². The van der Waals surface area contributed by atoms with Gasteiger partial charge in [0.15, 0.2) is 10.7 Å². The molecule has 1 aromatic carbocycles. The second kappa shape index (κ2) is 6.97. The fraction of sp³-hybridized carbons (Fsp3) is 0.476. The van der Waals surface area contributed by atoms with Crippen LogP contribution >= 0.6 is 11.3 Å². The van der Waals surface area contributed by atoms with Crippen molar-refractivity contribution >= 4 is 28.3 Å². The zero-order valence-corrected chi connectivity index (χ0v) is 16.6. The molecule has 5 rings (SSSR count). The lowest BCUT2D eigenvalue weighted by atomic mass is 9.83. The maximum absolute atomic E-state index is 12.4. The van der Waals surface area contributed by atoms with E-state index in [1.807, 2.05) is 24.3 Å². The SMILES string of the molecule is N[C@@H]1CCN(c2nc(-c3ccc(C4=NC5(CCCCC5)C(=O)O4)cc3)cs2)C1. The fourth-order valence-electron chi connectivity index (χ4n) is 4.31. The fourth-order valence-corrected chi connectivity index (χ4v) is 5.18. The Bertz CT molecular complexity index is 915. The van der Waals surface area contributed by atoms with Gasteiger partial charge in [0.1, 0.15) is 0 Å². The number of nitrogens with zero attached hydrogens (tertiary/aromatic N) is 3. The van der Waals surface area contributed by atoms with Crippen LogP contribution in [-0.2, 0) is 9.53 Å². The molecule has 1 saturated heterocycles. The number of hydrogen-bond donors (Lipinski definition) is 1. The Morgan fingerprint density at radius 3 is 2.61 bits per heavy atom. The first-order valence-electron chi connectivity index (χ1n) is 10.0.